The highest BCUT2D eigenvalue weighted by Gasteiger charge is 2.70. The molecule has 0 radical (unpaired) electrons. The summed E-state index contributed by atoms with van der Waals surface area (Å²) >= 11 is 0. The molecule has 3 rings (SSSR count). The molecule has 0 heterocycles. The van der Waals surface area contributed by atoms with Gasteiger partial charge in [0, 0.05) is 5.41 Å². The molecule has 3 unspecified atom stereocenters. The first kappa shape index (κ1) is 10.4. The second-order valence-corrected chi connectivity index (χ2v) is 6.71. The molecule has 2 N–H and O–H groups in total. The van der Waals surface area contributed by atoms with Crippen LogP contribution in [0.15, 0.2) is 0 Å². The molecule has 0 saturated heterocycles. The summed E-state index contributed by atoms with van der Waals surface area (Å²) in [4.78, 5) is 0. The minimum absolute atomic E-state index is 0.164. The van der Waals surface area contributed by atoms with Crippen molar-refractivity contribution in [3.05, 3.63) is 0 Å². The Morgan fingerprint density at radius 3 is 2.29 bits per heavy atom. The minimum atomic E-state index is -3.99. The van der Waals surface area contributed by atoms with Crippen LogP contribution in [0.4, 0.5) is 0 Å². The van der Waals surface area contributed by atoms with E-state index in [1.165, 1.54) is 0 Å². The van der Waals surface area contributed by atoms with Gasteiger partial charge in [-0.15, -0.1) is 0 Å². The molecule has 3 aliphatic carbocycles. The van der Waals surface area contributed by atoms with Gasteiger partial charge < -0.3 is 5.11 Å². The topological polar surface area (TPSA) is 74.6 Å². The van der Waals surface area contributed by atoms with Crippen molar-refractivity contribution in [3.8, 4) is 0 Å². The first-order chi connectivity index (χ1) is 6.19. The van der Waals surface area contributed by atoms with Crippen molar-refractivity contribution in [1.29, 1.82) is 0 Å². The average Bonchev–Trinajstić information content (AvgIpc) is 2.36. The molecule has 0 aliphatic heterocycles. The van der Waals surface area contributed by atoms with Crippen LogP contribution in [0.5, 0.6) is 0 Å². The lowest BCUT2D eigenvalue weighted by Gasteiger charge is -2.55. The van der Waals surface area contributed by atoms with Gasteiger partial charge in [0.25, 0.3) is 10.1 Å². The molecule has 0 spiro atoms. The van der Waals surface area contributed by atoms with Crippen molar-refractivity contribution in [2.75, 3.05) is 5.75 Å². The lowest BCUT2D eigenvalue weighted by Crippen LogP contribution is -2.55. The van der Waals surface area contributed by atoms with Gasteiger partial charge in [-0.1, -0.05) is 13.8 Å². The van der Waals surface area contributed by atoms with Gasteiger partial charge in [-0.3, -0.25) is 4.55 Å². The zero-order valence-corrected chi connectivity index (χ0v) is 9.21. The van der Waals surface area contributed by atoms with E-state index in [0.29, 0.717) is 12.3 Å². The lowest BCUT2D eigenvalue weighted by atomic mass is 9.51. The Kier molecular flexibility index (Phi) is 1.86. The normalized spacial score (nSPS) is 44.9. The van der Waals surface area contributed by atoms with E-state index in [2.05, 4.69) is 0 Å². The second kappa shape index (κ2) is 2.51. The Bertz CT molecular complexity index is 359. The van der Waals surface area contributed by atoms with Crippen LogP contribution in [-0.2, 0) is 10.1 Å². The van der Waals surface area contributed by atoms with Crippen molar-refractivity contribution in [2.45, 2.75) is 32.8 Å². The van der Waals surface area contributed by atoms with Crippen molar-refractivity contribution < 1.29 is 18.1 Å². The molecule has 0 aromatic heterocycles. The van der Waals surface area contributed by atoms with Crippen LogP contribution in [-0.4, -0.2) is 29.9 Å². The fourth-order valence-electron chi connectivity index (χ4n) is 3.34. The van der Waals surface area contributed by atoms with Gasteiger partial charge in [0.15, 0.2) is 0 Å². The van der Waals surface area contributed by atoms with E-state index in [9.17, 15) is 13.5 Å². The van der Waals surface area contributed by atoms with E-state index in [4.69, 9.17) is 4.55 Å². The van der Waals surface area contributed by atoms with Gasteiger partial charge in [0.2, 0.25) is 0 Å². The van der Waals surface area contributed by atoms with Crippen LogP contribution < -0.4 is 0 Å². The maximum Gasteiger partial charge on any atom is 0.265 e. The van der Waals surface area contributed by atoms with E-state index in [1.54, 1.807) is 0 Å². The smallest absolute Gasteiger partial charge is 0.265 e. The van der Waals surface area contributed by atoms with Crippen LogP contribution >= 0.6 is 0 Å². The average molecular weight is 220 g/mol. The largest absolute Gasteiger partial charge is 0.392 e. The zero-order chi connectivity index (χ0) is 10.8. The molecule has 3 saturated carbocycles. The van der Waals surface area contributed by atoms with Crippen molar-refractivity contribution in [1.82, 2.24) is 0 Å². The van der Waals surface area contributed by atoms with E-state index >= 15 is 0 Å². The molecule has 3 fully saturated rings. The molecule has 0 aromatic rings. The van der Waals surface area contributed by atoms with Crippen molar-refractivity contribution >= 4 is 10.1 Å². The lowest BCUT2D eigenvalue weighted by molar-refractivity contribution is -0.0819. The molecule has 3 atom stereocenters. The predicted octanol–water partition coefficient (Wildman–Crippen LogP) is 0.671. The van der Waals surface area contributed by atoms with Gasteiger partial charge in [-0.25, -0.2) is 0 Å². The number of aliphatic hydroxyl groups is 1. The van der Waals surface area contributed by atoms with Crippen LogP contribution in [0.3, 0.4) is 0 Å². The highest BCUT2D eigenvalue weighted by Crippen LogP contribution is 2.70. The molecule has 82 valence electrons. The van der Waals surface area contributed by atoms with Gasteiger partial charge in [0.1, 0.15) is 0 Å². The maximum atomic E-state index is 10.9. The number of hydrogen-bond donors (Lipinski definition) is 2. The summed E-state index contributed by atoms with van der Waals surface area (Å²) in [5.74, 6) is 0.101. The Hall–Kier alpha value is -0.130. The quantitative estimate of drug-likeness (QED) is 0.671. The maximum absolute atomic E-state index is 10.9. The highest BCUT2D eigenvalue weighted by molar-refractivity contribution is 7.85. The highest BCUT2D eigenvalue weighted by atomic mass is 32.2. The molecule has 14 heavy (non-hydrogen) atoms. The fourth-order valence-corrected chi connectivity index (χ4v) is 4.67. The van der Waals surface area contributed by atoms with Crippen molar-refractivity contribution in [2.24, 2.45) is 16.7 Å². The zero-order valence-electron chi connectivity index (χ0n) is 8.40. The van der Waals surface area contributed by atoms with E-state index in [-0.39, 0.29) is 11.2 Å². The number of hydrogen-bond acceptors (Lipinski definition) is 3. The SMILES string of the molecule is CC1(C)C2CC(O)C1(CS(=O)(=O)O)C2. The Labute approximate surface area is 84.1 Å². The Morgan fingerprint density at radius 1 is 1.43 bits per heavy atom. The second-order valence-electron chi connectivity index (χ2n) is 5.26. The molecular formula is C9H16O4S. The first-order valence-corrected chi connectivity index (χ1v) is 6.43. The van der Waals surface area contributed by atoms with Gasteiger partial charge >= 0.3 is 0 Å². The molecule has 4 nitrogen and oxygen atoms in total. The number of rotatable bonds is 2. The molecule has 0 amide bonds. The number of aliphatic hydroxyl groups excluding tert-OH is 1. The Morgan fingerprint density at radius 2 is 2.00 bits per heavy atom. The first-order valence-electron chi connectivity index (χ1n) is 4.82. The summed E-state index contributed by atoms with van der Waals surface area (Å²) < 4.78 is 30.7. The minimum Gasteiger partial charge on any atom is -0.392 e. The van der Waals surface area contributed by atoms with Crippen LogP contribution in [0.1, 0.15) is 26.7 Å². The summed E-state index contributed by atoms with van der Waals surface area (Å²) in [7, 11) is -3.99. The molecule has 3 aliphatic rings. The summed E-state index contributed by atoms with van der Waals surface area (Å²) in [5, 5.41) is 9.81. The van der Waals surface area contributed by atoms with Gasteiger partial charge in [-0.2, -0.15) is 8.42 Å². The fraction of sp³-hybridized carbons (Fsp3) is 1.00. The standard InChI is InChI=1S/C9H16O4S/c1-8(2)6-3-7(10)9(8,4-6)5-14(11,12)13/h6-7,10H,3-5H2,1-2H3,(H,11,12,13). The number of fused-ring (bicyclic) bond motifs is 1. The van der Waals surface area contributed by atoms with Crippen LogP contribution in [0.25, 0.3) is 0 Å². The van der Waals surface area contributed by atoms with Gasteiger partial charge in [-0.05, 0) is 24.2 Å². The van der Waals surface area contributed by atoms with Crippen LogP contribution in [0, 0.1) is 16.7 Å². The molecule has 0 aromatic carbocycles. The Balaban J connectivity index is 2.32. The summed E-state index contributed by atoms with van der Waals surface area (Å²) in [6, 6.07) is 0. The molecule has 2 bridgehead atoms. The van der Waals surface area contributed by atoms with E-state index in [0.717, 1.165) is 6.42 Å². The van der Waals surface area contributed by atoms with Crippen molar-refractivity contribution in [3.63, 3.8) is 0 Å². The summed E-state index contributed by atoms with van der Waals surface area (Å²) in [5.41, 5.74) is -0.770. The molecular weight excluding hydrogens is 204 g/mol. The monoisotopic (exact) mass is 220 g/mol. The summed E-state index contributed by atoms with van der Waals surface area (Å²) in [6.45, 7) is 3.95. The van der Waals surface area contributed by atoms with E-state index < -0.39 is 21.6 Å². The molecule has 5 heteroatoms. The predicted molar refractivity (Wildman–Crippen MR) is 51.4 cm³/mol. The summed E-state index contributed by atoms with van der Waals surface area (Å²) in [6.07, 6.45) is 0.813. The third-order valence-electron chi connectivity index (χ3n) is 4.50. The third kappa shape index (κ3) is 1.09. The van der Waals surface area contributed by atoms with E-state index in [1.807, 2.05) is 13.8 Å². The third-order valence-corrected chi connectivity index (χ3v) is 5.38. The van der Waals surface area contributed by atoms with Crippen LogP contribution in [0.2, 0.25) is 0 Å². The van der Waals surface area contributed by atoms with Gasteiger partial charge in [0.05, 0.1) is 11.9 Å².